The second-order valence-electron chi connectivity index (χ2n) is 5.64. The zero-order valence-corrected chi connectivity index (χ0v) is 10.9. The summed E-state index contributed by atoms with van der Waals surface area (Å²) in [7, 11) is 0. The molecular formula is C13H27N3. The Kier molecular flexibility index (Phi) is 4.22. The molecule has 2 aliphatic rings. The maximum absolute atomic E-state index is 6.16. The second kappa shape index (κ2) is 5.48. The fraction of sp³-hybridized carbons (Fsp3) is 1.00. The van der Waals surface area contributed by atoms with E-state index in [1.54, 1.807) is 0 Å². The number of nitrogens with zero attached hydrogens (tertiary/aromatic N) is 2. The Hall–Kier alpha value is -0.120. The van der Waals surface area contributed by atoms with E-state index in [9.17, 15) is 0 Å². The van der Waals surface area contributed by atoms with E-state index in [-0.39, 0.29) is 0 Å². The van der Waals surface area contributed by atoms with Gasteiger partial charge in [-0.1, -0.05) is 13.3 Å². The Morgan fingerprint density at radius 1 is 1.38 bits per heavy atom. The Balaban J connectivity index is 1.84. The molecule has 94 valence electrons. The summed E-state index contributed by atoms with van der Waals surface area (Å²) in [5.74, 6) is 0. The lowest BCUT2D eigenvalue weighted by Crippen LogP contribution is -2.57. The van der Waals surface area contributed by atoms with Gasteiger partial charge in [0.05, 0.1) is 0 Å². The summed E-state index contributed by atoms with van der Waals surface area (Å²) in [6.07, 6.45) is 5.16. The minimum Gasteiger partial charge on any atom is -0.327 e. The van der Waals surface area contributed by atoms with E-state index in [0.29, 0.717) is 12.1 Å². The van der Waals surface area contributed by atoms with Crippen LogP contribution >= 0.6 is 0 Å². The van der Waals surface area contributed by atoms with Crippen LogP contribution in [0.15, 0.2) is 0 Å². The lowest BCUT2D eigenvalue weighted by atomic mass is 10.1. The Bertz CT molecular complexity index is 219. The number of fused-ring (bicyclic) bond motifs is 1. The zero-order chi connectivity index (χ0) is 11.5. The van der Waals surface area contributed by atoms with Gasteiger partial charge in [0.25, 0.3) is 0 Å². The van der Waals surface area contributed by atoms with Crippen LogP contribution in [0.25, 0.3) is 0 Å². The van der Waals surface area contributed by atoms with Gasteiger partial charge in [-0.2, -0.15) is 0 Å². The van der Waals surface area contributed by atoms with Crippen LogP contribution in [0, 0.1) is 0 Å². The van der Waals surface area contributed by atoms with Crippen molar-refractivity contribution in [1.82, 2.24) is 9.80 Å². The van der Waals surface area contributed by atoms with E-state index in [0.717, 1.165) is 19.0 Å². The van der Waals surface area contributed by atoms with E-state index in [1.807, 2.05) is 0 Å². The molecule has 0 radical (unpaired) electrons. The van der Waals surface area contributed by atoms with Crippen molar-refractivity contribution >= 4 is 0 Å². The molecule has 0 saturated carbocycles. The molecule has 0 amide bonds. The van der Waals surface area contributed by atoms with Crippen molar-refractivity contribution in [3.63, 3.8) is 0 Å². The number of piperazine rings is 1. The molecule has 16 heavy (non-hydrogen) atoms. The summed E-state index contributed by atoms with van der Waals surface area (Å²) in [4.78, 5) is 5.29. The molecule has 2 rings (SSSR count). The molecule has 2 saturated heterocycles. The first-order valence-corrected chi connectivity index (χ1v) is 6.94. The summed E-state index contributed by atoms with van der Waals surface area (Å²) in [5, 5.41) is 0. The SMILES string of the molecule is CCCC(N)CN1CC2CCCN2CC1C. The number of hydrogen-bond donors (Lipinski definition) is 1. The van der Waals surface area contributed by atoms with Gasteiger partial charge >= 0.3 is 0 Å². The molecule has 2 fully saturated rings. The molecule has 3 atom stereocenters. The van der Waals surface area contributed by atoms with Crippen molar-refractivity contribution in [3.8, 4) is 0 Å². The molecule has 2 heterocycles. The summed E-state index contributed by atoms with van der Waals surface area (Å²) >= 11 is 0. The molecule has 3 nitrogen and oxygen atoms in total. The third kappa shape index (κ3) is 2.76. The highest BCUT2D eigenvalue weighted by Crippen LogP contribution is 2.24. The van der Waals surface area contributed by atoms with Crippen molar-refractivity contribution in [2.45, 2.75) is 57.7 Å². The molecular weight excluding hydrogens is 198 g/mol. The summed E-state index contributed by atoms with van der Waals surface area (Å²) in [6.45, 7) is 9.50. The van der Waals surface area contributed by atoms with Gasteiger partial charge in [-0.25, -0.2) is 0 Å². The second-order valence-corrected chi connectivity index (χ2v) is 5.64. The molecule has 0 aliphatic carbocycles. The van der Waals surface area contributed by atoms with Crippen LogP contribution in [0.2, 0.25) is 0 Å². The predicted octanol–water partition coefficient (Wildman–Crippen LogP) is 1.28. The van der Waals surface area contributed by atoms with Crippen molar-refractivity contribution in [2.24, 2.45) is 5.73 Å². The van der Waals surface area contributed by atoms with Gasteiger partial charge in [0.1, 0.15) is 0 Å². The summed E-state index contributed by atoms with van der Waals surface area (Å²) in [6, 6.07) is 1.89. The average molecular weight is 225 g/mol. The predicted molar refractivity (Wildman–Crippen MR) is 68.5 cm³/mol. The minimum atomic E-state index is 0.375. The minimum absolute atomic E-state index is 0.375. The normalized spacial score (nSPS) is 33.9. The van der Waals surface area contributed by atoms with Gasteiger partial charge in [0, 0.05) is 37.8 Å². The third-order valence-electron chi connectivity index (χ3n) is 4.19. The van der Waals surface area contributed by atoms with Crippen molar-refractivity contribution in [3.05, 3.63) is 0 Å². The standard InChI is InChI=1S/C13H27N3/c1-3-5-12(14)9-16-10-13-6-4-7-15(13)8-11(16)2/h11-13H,3-10,14H2,1-2H3. The Morgan fingerprint density at radius 3 is 2.94 bits per heavy atom. The van der Waals surface area contributed by atoms with Crippen molar-refractivity contribution in [1.29, 1.82) is 0 Å². The maximum Gasteiger partial charge on any atom is 0.0224 e. The molecule has 3 heteroatoms. The molecule has 0 bridgehead atoms. The molecule has 2 N–H and O–H groups in total. The molecule has 0 spiro atoms. The van der Waals surface area contributed by atoms with Crippen LogP contribution in [0.5, 0.6) is 0 Å². The van der Waals surface area contributed by atoms with E-state index < -0.39 is 0 Å². The van der Waals surface area contributed by atoms with Gasteiger partial charge in [0.2, 0.25) is 0 Å². The van der Waals surface area contributed by atoms with Gasteiger partial charge < -0.3 is 5.73 Å². The van der Waals surface area contributed by atoms with Gasteiger partial charge in [-0.3, -0.25) is 9.80 Å². The number of hydrogen-bond acceptors (Lipinski definition) is 3. The van der Waals surface area contributed by atoms with Crippen LogP contribution in [-0.4, -0.2) is 54.1 Å². The number of nitrogens with two attached hydrogens (primary N) is 1. The Labute approximate surface area is 100.0 Å². The first kappa shape index (κ1) is 12.3. The van der Waals surface area contributed by atoms with Crippen LogP contribution in [0.1, 0.15) is 39.5 Å². The van der Waals surface area contributed by atoms with Gasteiger partial charge in [-0.05, 0) is 32.7 Å². The van der Waals surface area contributed by atoms with E-state index in [2.05, 4.69) is 23.6 Å². The van der Waals surface area contributed by atoms with Crippen molar-refractivity contribution < 1.29 is 0 Å². The molecule has 0 aromatic rings. The first-order chi connectivity index (χ1) is 7.70. The van der Waals surface area contributed by atoms with Crippen LogP contribution in [-0.2, 0) is 0 Å². The third-order valence-corrected chi connectivity index (χ3v) is 4.19. The topological polar surface area (TPSA) is 32.5 Å². The van der Waals surface area contributed by atoms with Gasteiger partial charge in [-0.15, -0.1) is 0 Å². The highest BCUT2D eigenvalue weighted by atomic mass is 15.3. The summed E-state index contributed by atoms with van der Waals surface area (Å²) < 4.78 is 0. The fourth-order valence-corrected chi connectivity index (χ4v) is 3.27. The largest absolute Gasteiger partial charge is 0.327 e. The lowest BCUT2D eigenvalue weighted by Gasteiger charge is -2.43. The average Bonchev–Trinajstić information content (AvgIpc) is 2.65. The molecule has 2 aliphatic heterocycles. The molecule has 0 aromatic heterocycles. The molecule has 3 unspecified atom stereocenters. The smallest absolute Gasteiger partial charge is 0.0224 e. The first-order valence-electron chi connectivity index (χ1n) is 6.94. The van der Waals surface area contributed by atoms with Crippen LogP contribution < -0.4 is 5.73 Å². The van der Waals surface area contributed by atoms with Crippen LogP contribution in [0.3, 0.4) is 0 Å². The highest BCUT2D eigenvalue weighted by Gasteiger charge is 2.34. The summed E-state index contributed by atoms with van der Waals surface area (Å²) in [5.41, 5.74) is 6.16. The monoisotopic (exact) mass is 225 g/mol. The Morgan fingerprint density at radius 2 is 2.19 bits per heavy atom. The highest BCUT2D eigenvalue weighted by molar-refractivity contribution is 4.91. The van der Waals surface area contributed by atoms with Gasteiger partial charge in [0.15, 0.2) is 0 Å². The zero-order valence-electron chi connectivity index (χ0n) is 10.9. The van der Waals surface area contributed by atoms with E-state index in [1.165, 1.54) is 38.9 Å². The maximum atomic E-state index is 6.16. The number of rotatable bonds is 4. The lowest BCUT2D eigenvalue weighted by molar-refractivity contribution is 0.0548. The van der Waals surface area contributed by atoms with E-state index in [4.69, 9.17) is 5.73 Å². The van der Waals surface area contributed by atoms with Crippen LogP contribution in [0.4, 0.5) is 0 Å². The quantitative estimate of drug-likeness (QED) is 0.782. The fourth-order valence-electron chi connectivity index (χ4n) is 3.27. The van der Waals surface area contributed by atoms with E-state index >= 15 is 0 Å². The molecule has 0 aromatic carbocycles. The van der Waals surface area contributed by atoms with Crippen molar-refractivity contribution in [2.75, 3.05) is 26.2 Å².